The zero-order valence-electron chi connectivity index (χ0n) is 3.89. The molecule has 1 unspecified atom stereocenters. The van der Waals surface area contributed by atoms with Crippen LogP contribution in [0.25, 0.3) is 0 Å². The van der Waals surface area contributed by atoms with Gasteiger partial charge in [-0.05, 0) is 15.6 Å². The van der Waals surface area contributed by atoms with Crippen LogP contribution < -0.4 is 0 Å². The summed E-state index contributed by atoms with van der Waals surface area (Å²) in [7, 11) is -0.628. The van der Waals surface area contributed by atoms with Gasteiger partial charge in [0.1, 0.15) is 0 Å². The number of hydrogen-bond donors (Lipinski definition) is 0. The topological polar surface area (TPSA) is 29.5 Å². The second kappa shape index (κ2) is 2.36. The van der Waals surface area contributed by atoms with E-state index in [0.29, 0.717) is 0 Å². The van der Waals surface area contributed by atoms with Crippen molar-refractivity contribution in [2.45, 2.75) is 6.42 Å². The van der Waals surface area contributed by atoms with E-state index < -0.39 is 8.69 Å². The Morgan fingerprint density at radius 1 is 1.57 bits per heavy atom. The molecule has 0 radical (unpaired) electrons. The molecule has 0 aromatic carbocycles. The molecule has 0 amide bonds. The summed E-state index contributed by atoms with van der Waals surface area (Å²) in [6.07, 6.45) is 1.17. The zero-order valence-corrected chi connectivity index (χ0v) is 4.89. The largest absolute Gasteiger partial charge is 0.512 e. The van der Waals surface area contributed by atoms with Crippen LogP contribution in [0.2, 0.25) is 0 Å². The Hall–Kier alpha value is 0.0200. The molecule has 0 aliphatic carbocycles. The maximum Gasteiger partial charge on any atom is 0.512 e. The van der Waals surface area contributed by atoms with Gasteiger partial charge in [-0.3, -0.25) is 0 Å². The molecule has 1 atom stereocenters. The van der Waals surface area contributed by atoms with Crippen molar-refractivity contribution in [3.63, 3.8) is 0 Å². The normalized spacial score (nSPS) is 22.3. The van der Waals surface area contributed by atoms with Crippen LogP contribution in [0.15, 0.2) is 0 Å². The van der Waals surface area contributed by atoms with E-state index in [9.17, 15) is 4.57 Å². The van der Waals surface area contributed by atoms with Crippen LogP contribution in [-0.2, 0) is 9.19 Å². The molecule has 0 aromatic rings. The first-order chi connectivity index (χ1) is 3.43. The number of rotatable bonds is 2. The summed E-state index contributed by atoms with van der Waals surface area (Å²) in [4.78, 5) is 0. The van der Waals surface area contributed by atoms with Gasteiger partial charge in [-0.15, -0.1) is 5.06 Å². The lowest BCUT2D eigenvalue weighted by Gasteiger charge is -2.21. The molecule has 1 aliphatic heterocycles. The summed E-state index contributed by atoms with van der Waals surface area (Å²) < 4.78 is 14.3. The van der Waals surface area contributed by atoms with Crippen molar-refractivity contribution in [3.8, 4) is 0 Å². The molecular formula is C3H7NO2P+. The highest BCUT2D eigenvalue weighted by Gasteiger charge is 2.17. The van der Waals surface area contributed by atoms with Crippen LogP contribution in [0.1, 0.15) is 6.42 Å². The fourth-order valence-electron chi connectivity index (χ4n) is 0.431. The van der Waals surface area contributed by atoms with Gasteiger partial charge in [-0.25, -0.2) is 0 Å². The smallest absolute Gasteiger partial charge is 0.138 e. The Bertz CT molecular complexity index is 73.3. The van der Waals surface area contributed by atoms with Gasteiger partial charge in [-0.1, -0.05) is 0 Å². The SMILES string of the molecule is O=[PH+]ON1CCC1. The second-order valence-electron chi connectivity index (χ2n) is 1.46. The third-order valence-corrected chi connectivity index (χ3v) is 1.31. The van der Waals surface area contributed by atoms with Gasteiger partial charge in [-0.2, -0.15) is 0 Å². The Balaban J connectivity index is 2.03. The number of hydroxylamine groups is 2. The minimum Gasteiger partial charge on any atom is -0.138 e. The maximum atomic E-state index is 9.70. The molecule has 0 aromatic heterocycles. The van der Waals surface area contributed by atoms with E-state index in [1.165, 1.54) is 6.42 Å². The molecule has 0 bridgehead atoms. The third kappa shape index (κ3) is 1.20. The van der Waals surface area contributed by atoms with Crippen LogP contribution in [0.5, 0.6) is 0 Å². The van der Waals surface area contributed by atoms with Crippen molar-refractivity contribution >= 4 is 8.69 Å². The highest BCUT2D eigenvalue weighted by Crippen LogP contribution is 2.10. The first-order valence-corrected chi connectivity index (χ1v) is 3.04. The Labute approximate surface area is 43.5 Å². The van der Waals surface area contributed by atoms with Crippen molar-refractivity contribution in [2.75, 3.05) is 13.1 Å². The lowest BCUT2D eigenvalue weighted by Crippen LogP contribution is -2.34. The van der Waals surface area contributed by atoms with Crippen LogP contribution in [0.4, 0.5) is 0 Å². The van der Waals surface area contributed by atoms with Crippen molar-refractivity contribution < 1.29 is 9.19 Å². The van der Waals surface area contributed by atoms with Crippen molar-refractivity contribution in [2.24, 2.45) is 0 Å². The molecule has 40 valence electrons. The number of hydrogen-bond acceptors (Lipinski definition) is 3. The van der Waals surface area contributed by atoms with Gasteiger partial charge < -0.3 is 0 Å². The van der Waals surface area contributed by atoms with E-state index >= 15 is 0 Å². The zero-order chi connectivity index (χ0) is 5.11. The van der Waals surface area contributed by atoms with Crippen molar-refractivity contribution in [1.29, 1.82) is 0 Å². The Kier molecular flexibility index (Phi) is 1.74. The first-order valence-electron chi connectivity index (χ1n) is 2.22. The second-order valence-corrected chi connectivity index (χ2v) is 1.81. The summed E-state index contributed by atoms with van der Waals surface area (Å²) in [5.41, 5.74) is 0. The average Bonchev–Trinajstić information content (AvgIpc) is 1.55. The number of nitrogens with zero attached hydrogens (tertiary/aromatic N) is 1. The van der Waals surface area contributed by atoms with Crippen LogP contribution in [0, 0.1) is 0 Å². The third-order valence-electron chi connectivity index (χ3n) is 0.981. The van der Waals surface area contributed by atoms with E-state index in [1.807, 2.05) is 0 Å². The maximum absolute atomic E-state index is 9.70. The molecule has 0 spiro atoms. The predicted molar refractivity (Wildman–Crippen MR) is 26.3 cm³/mol. The molecule has 0 saturated carbocycles. The lowest BCUT2D eigenvalue weighted by atomic mass is 10.3. The fourth-order valence-corrected chi connectivity index (χ4v) is 0.719. The Morgan fingerprint density at radius 2 is 2.29 bits per heavy atom. The summed E-state index contributed by atoms with van der Waals surface area (Å²) in [5, 5.41) is 1.69. The molecule has 7 heavy (non-hydrogen) atoms. The van der Waals surface area contributed by atoms with Gasteiger partial charge in [0.05, 0.1) is 0 Å². The van der Waals surface area contributed by atoms with Crippen molar-refractivity contribution in [3.05, 3.63) is 0 Å². The summed E-state index contributed by atoms with van der Waals surface area (Å²) in [5.74, 6) is 0. The molecule has 0 N–H and O–H groups in total. The van der Waals surface area contributed by atoms with E-state index in [4.69, 9.17) is 0 Å². The van der Waals surface area contributed by atoms with E-state index in [0.717, 1.165) is 13.1 Å². The highest BCUT2D eigenvalue weighted by atomic mass is 31.1. The van der Waals surface area contributed by atoms with Gasteiger partial charge in [0.25, 0.3) is 0 Å². The predicted octanol–water partition coefficient (Wildman–Crippen LogP) is 0.563. The summed E-state index contributed by atoms with van der Waals surface area (Å²) in [6, 6.07) is 0. The standard InChI is InChI=1S/C3H7NO2P/c5-7-6-4-2-1-3-4/h7H,1-3H2/q+1. The fraction of sp³-hybridized carbons (Fsp3) is 1.00. The lowest BCUT2D eigenvalue weighted by molar-refractivity contribution is -0.0962. The molecule has 3 nitrogen and oxygen atoms in total. The van der Waals surface area contributed by atoms with E-state index in [2.05, 4.69) is 4.62 Å². The van der Waals surface area contributed by atoms with Gasteiger partial charge in [0, 0.05) is 13.1 Å². The van der Waals surface area contributed by atoms with Crippen molar-refractivity contribution in [1.82, 2.24) is 5.06 Å². The van der Waals surface area contributed by atoms with E-state index in [-0.39, 0.29) is 0 Å². The van der Waals surface area contributed by atoms with Gasteiger partial charge in [0.15, 0.2) is 0 Å². The summed E-state index contributed by atoms with van der Waals surface area (Å²) in [6.45, 7) is 1.88. The van der Waals surface area contributed by atoms with Crippen LogP contribution in [0.3, 0.4) is 0 Å². The minimum atomic E-state index is -0.628. The van der Waals surface area contributed by atoms with Crippen LogP contribution >= 0.6 is 8.69 Å². The molecule has 1 heterocycles. The molecular weight excluding hydrogens is 113 g/mol. The highest BCUT2D eigenvalue weighted by molar-refractivity contribution is 7.17. The first kappa shape index (κ1) is 5.16. The van der Waals surface area contributed by atoms with Crippen LogP contribution in [-0.4, -0.2) is 18.2 Å². The average molecular weight is 120 g/mol. The van der Waals surface area contributed by atoms with Gasteiger partial charge in [0.2, 0.25) is 0 Å². The molecule has 1 fully saturated rings. The molecule has 1 aliphatic rings. The molecule has 4 heteroatoms. The van der Waals surface area contributed by atoms with E-state index in [1.54, 1.807) is 5.06 Å². The minimum absolute atomic E-state index is 0.628. The quantitative estimate of drug-likeness (QED) is 0.499. The van der Waals surface area contributed by atoms with Gasteiger partial charge >= 0.3 is 8.69 Å². The molecule has 1 saturated heterocycles. The Morgan fingerprint density at radius 3 is 2.43 bits per heavy atom. The molecule has 1 rings (SSSR count). The monoisotopic (exact) mass is 120 g/mol. The summed E-state index contributed by atoms with van der Waals surface area (Å²) >= 11 is 0.